The lowest BCUT2D eigenvalue weighted by Gasteiger charge is -2.36. The molecule has 1 unspecified atom stereocenters. The van der Waals surface area contributed by atoms with E-state index in [1.54, 1.807) is 6.07 Å². The number of hydrogen-bond donors (Lipinski definition) is 1. The van der Waals surface area contributed by atoms with Crippen molar-refractivity contribution in [3.8, 4) is 0 Å². The van der Waals surface area contributed by atoms with Crippen molar-refractivity contribution < 1.29 is 13.2 Å². The number of piperazine rings is 1. The summed E-state index contributed by atoms with van der Waals surface area (Å²) in [6.45, 7) is 3.17. The molecular formula is C18H17Cl2F3N2. The quantitative estimate of drug-likeness (QED) is 0.794. The van der Waals surface area contributed by atoms with E-state index in [1.165, 1.54) is 12.1 Å². The van der Waals surface area contributed by atoms with Crippen LogP contribution in [0.5, 0.6) is 0 Å². The Balaban J connectivity index is 2.03. The van der Waals surface area contributed by atoms with E-state index in [1.807, 2.05) is 12.1 Å². The van der Waals surface area contributed by atoms with Gasteiger partial charge in [0, 0.05) is 26.2 Å². The second kappa shape index (κ2) is 7.54. The normalized spacial score (nSPS) is 17.5. The van der Waals surface area contributed by atoms with Crippen molar-refractivity contribution in [2.75, 3.05) is 26.2 Å². The van der Waals surface area contributed by atoms with Gasteiger partial charge in [0.2, 0.25) is 0 Å². The molecule has 0 amide bonds. The smallest absolute Gasteiger partial charge is 0.314 e. The van der Waals surface area contributed by atoms with Crippen molar-refractivity contribution in [3.63, 3.8) is 0 Å². The summed E-state index contributed by atoms with van der Waals surface area (Å²) in [5.74, 6) is 0. The summed E-state index contributed by atoms with van der Waals surface area (Å²) < 4.78 is 38.6. The van der Waals surface area contributed by atoms with Crippen LogP contribution in [-0.4, -0.2) is 31.1 Å². The number of benzene rings is 2. The molecule has 7 heteroatoms. The Kier molecular flexibility index (Phi) is 5.58. The van der Waals surface area contributed by atoms with E-state index >= 15 is 0 Å². The summed E-state index contributed by atoms with van der Waals surface area (Å²) in [6, 6.07) is 10.4. The first-order valence-corrected chi connectivity index (χ1v) is 8.69. The molecule has 1 aliphatic rings. The fraction of sp³-hybridized carbons (Fsp3) is 0.333. The molecule has 1 aliphatic heterocycles. The van der Waals surface area contributed by atoms with Crippen LogP contribution in [0.4, 0.5) is 13.2 Å². The van der Waals surface area contributed by atoms with E-state index in [0.717, 1.165) is 49.4 Å². The molecule has 25 heavy (non-hydrogen) atoms. The van der Waals surface area contributed by atoms with Crippen LogP contribution in [0, 0.1) is 0 Å². The van der Waals surface area contributed by atoms with Crippen LogP contribution < -0.4 is 5.32 Å². The molecule has 1 heterocycles. The minimum atomic E-state index is -4.35. The van der Waals surface area contributed by atoms with Gasteiger partial charge in [-0.15, -0.1) is 0 Å². The number of nitrogens with one attached hydrogen (secondary N) is 1. The Morgan fingerprint density at radius 2 is 1.60 bits per heavy atom. The highest BCUT2D eigenvalue weighted by atomic mass is 35.5. The maximum absolute atomic E-state index is 12.9. The largest absolute Gasteiger partial charge is 0.416 e. The predicted molar refractivity (Wildman–Crippen MR) is 94.2 cm³/mol. The lowest BCUT2D eigenvalue weighted by atomic mass is 9.95. The molecule has 1 saturated heterocycles. The highest BCUT2D eigenvalue weighted by Gasteiger charge is 2.31. The summed E-state index contributed by atoms with van der Waals surface area (Å²) in [4.78, 5) is 2.20. The van der Waals surface area contributed by atoms with Crippen molar-refractivity contribution in [2.24, 2.45) is 0 Å². The van der Waals surface area contributed by atoms with Gasteiger partial charge in [-0.05, 0) is 29.3 Å². The van der Waals surface area contributed by atoms with Crippen molar-refractivity contribution in [2.45, 2.75) is 12.2 Å². The molecule has 2 nitrogen and oxygen atoms in total. The van der Waals surface area contributed by atoms with Crippen LogP contribution in [0.2, 0.25) is 10.0 Å². The minimum Gasteiger partial charge on any atom is -0.314 e. The number of nitrogens with zero attached hydrogens (tertiary/aromatic N) is 1. The SMILES string of the molecule is FC(F)(F)c1ccc(C(c2cccc(Cl)c2Cl)N2CCNCC2)cc1. The average molecular weight is 389 g/mol. The average Bonchev–Trinajstić information content (AvgIpc) is 2.59. The molecule has 1 fully saturated rings. The number of rotatable bonds is 3. The molecule has 0 radical (unpaired) electrons. The highest BCUT2D eigenvalue weighted by Crippen LogP contribution is 2.38. The molecule has 134 valence electrons. The second-order valence-electron chi connectivity index (χ2n) is 5.95. The van der Waals surface area contributed by atoms with Crippen molar-refractivity contribution >= 4 is 23.2 Å². The monoisotopic (exact) mass is 388 g/mol. The molecule has 0 aliphatic carbocycles. The van der Waals surface area contributed by atoms with Gasteiger partial charge in [0.1, 0.15) is 0 Å². The third-order valence-corrected chi connectivity index (χ3v) is 5.18. The zero-order valence-corrected chi connectivity index (χ0v) is 14.8. The molecule has 0 bridgehead atoms. The van der Waals surface area contributed by atoms with Gasteiger partial charge >= 0.3 is 6.18 Å². The Morgan fingerprint density at radius 1 is 0.960 bits per heavy atom. The topological polar surface area (TPSA) is 15.3 Å². The van der Waals surface area contributed by atoms with Crippen LogP contribution in [0.15, 0.2) is 42.5 Å². The summed E-state index contributed by atoms with van der Waals surface area (Å²) in [5, 5.41) is 4.15. The summed E-state index contributed by atoms with van der Waals surface area (Å²) in [5.41, 5.74) is 0.905. The van der Waals surface area contributed by atoms with E-state index in [-0.39, 0.29) is 6.04 Å². The number of alkyl halides is 3. The van der Waals surface area contributed by atoms with Crippen molar-refractivity contribution in [1.82, 2.24) is 10.2 Å². The van der Waals surface area contributed by atoms with Gasteiger partial charge in [-0.1, -0.05) is 47.5 Å². The van der Waals surface area contributed by atoms with E-state index in [9.17, 15) is 13.2 Å². The molecule has 1 N–H and O–H groups in total. The van der Waals surface area contributed by atoms with Gasteiger partial charge in [0.05, 0.1) is 21.7 Å². The van der Waals surface area contributed by atoms with Crippen LogP contribution in [0.25, 0.3) is 0 Å². The standard InChI is InChI=1S/C18H17Cl2F3N2/c19-15-3-1-2-14(16(15)20)17(25-10-8-24-9-11-25)12-4-6-13(7-5-12)18(21,22)23/h1-7,17,24H,8-11H2. The lowest BCUT2D eigenvalue weighted by molar-refractivity contribution is -0.137. The Bertz CT molecular complexity index is 726. The first kappa shape index (κ1) is 18.5. The van der Waals surface area contributed by atoms with Gasteiger partial charge in [-0.2, -0.15) is 13.2 Å². The highest BCUT2D eigenvalue weighted by molar-refractivity contribution is 6.42. The fourth-order valence-electron chi connectivity index (χ4n) is 3.11. The maximum Gasteiger partial charge on any atom is 0.416 e. The molecule has 1 atom stereocenters. The Hall–Kier alpha value is -1.27. The van der Waals surface area contributed by atoms with Gasteiger partial charge in [-0.3, -0.25) is 4.90 Å². The summed E-state index contributed by atoms with van der Waals surface area (Å²) in [7, 11) is 0. The molecule has 0 spiro atoms. The summed E-state index contributed by atoms with van der Waals surface area (Å²) in [6.07, 6.45) is -4.35. The Morgan fingerprint density at radius 3 is 2.20 bits per heavy atom. The molecule has 2 aromatic carbocycles. The Labute approximate surface area is 154 Å². The summed E-state index contributed by atoms with van der Waals surface area (Å²) >= 11 is 12.6. The lowest BCUT2D eigenvalue weighted by Crippen LogP contribution is -2.45. The minimum absolute atomic E-state index is 0.240. The van der Waals surface area contributed by atoms with Gasteiger partial charge in [0.25, 0.3) is 0 Å². The zero-order valence-electron chi connectivity index (χ0n) is 13.3. The van der Waals surface area contributed by atoms with E-state index in [0.29, 0.717) is 10.0 Å². The van der Waals surface area contributed by atoms with Gasteiger partial charge in [-0.25, -0.2) is 0 Å². The van der Waals surface area contributed by atoms with Crippen molar-refractivity contribution in [1.29, 1.82) is 0 Å². The van der Waals surface area contributed by atoms with E-state index in [2.05, 4.69) is 10.2 Å². The predicted octanol–water partition coefficient (Wildman–Crippen LogP) is 5.01. The van der Waals surface area contributed by atoms with E-state index < -0.39 is 11.7 Å². The molecule has 0 saturated carbocycles. The zero-order chi connectivity index (χ0) is 18.0. The number of halogens is 5. The van der Waals surface area contributed by atoms with Gasteiger partial charge < -0.3 is 5.32 Å². The fourth-order valence-corrected chi connectivity index (χ4v) is 3.52. The molecule has 3 rings (SSSR count). The van der Waals surface area contributed by atoms with Crippen LogP contribution in [0.1, 0.15) is 22.7 Å². The molecule has 2 aromatic rings. The first-order valence-electron chi connectivity index (χ1n) is 7.94. The van der Waals surface area contributed by atoms with E-state index in [4.69, 9.17) is 23.2 Å². The third kappa shape index (κ3) is 4.11. The molecular weight excluding hydrogens is 372 g/mol. The number of hydrogen-bond acceptors (Lipinski definition) is 2. The third-order valence-electron chi connectivity index (χ3n) is 4.35. The molecule has 0 aromatic heterocycles. The van der Waals surface area contributed by atoms with Crippen LogP contribution in [0.3, 0.4) is 0 Å². The van der Waals surface area contributed by atoms with Crippen LogP contribution in [-0.2, 0) is 6.18 Å². The maximum atomic E-state index is 12.9. The second-order valence-corrected chi connectivity index (χ2v) is 6.74. The van der Waals surface area contributed by atoms with Crippen LogP contribution >= 0.6 is 23.2 Å². The van der Waals surface area contributed by atoms with Crippen molar-refractivity contribution in [3.05, 3.63) is 69.2 Å². The van der Waals surface area contributed by atoms with Gasteiger partial charge in [0.15, 0.2) is 0 Å². The first-order chi connectivity index (χ1) is 11.9.